The zero-order valence-electron chi connectivity index (χ0n) is 9.23. The van der Waals surface area contributed by atoms with Crippen molar-refractivity contribution in [2.45, 2.75) is 6.92 Å². The summed E-state index contributed by atoms with van der Waals surface area (Å²) in [6, 6.07) is 7.23. The fraction of sp³-hybridized carbons (Fsp3) is 0.250. The highest BCUT2D eigenvalue weighted by Crippen LogP contribution is 2.23. The monoisotopic (exact) mass is 219 g/mol. The van der Waals surface area contributed by atoms with Crippen LogP contribution < -0.4 is 4.74 Å². The highest BCUT2D eigenvalue weighted by atomic mass is 16.5. The SMILES string of the molecule is CCOc1ccc2cc(C(=O)O)n(C)c2c1. The van der Waals surface area contributed by atoms with E-state index < -0.39 is 5.97 Å². The average Bonchev–Trinajstić information content (AvgIpc) is 2.57. The van der Waals surface area contributed by atoms with Crippen LogP contribution in [0.2, 0.25) is 0 Å². The van der Waals surface area contributed by atoms with E-state index in [-0.39, 0.29) is 5.69 Å². The number of aryl methyl sites for hydroxylation is 1. The van der Waals surface area contributed by atoms with Gasteiger partial charge in [0.05, 0.1) is 12.1 Å². The van der Waals surface area contributed by atoms with E-state index in [1.165, 1.54) is 0 Å². The van der Waals surface area contributed by atoms with E-state index in [9.17, 15) is 4.79 Å². The number of nitrogens with zero attached hydrogens (tertiary/aromatic N) is 1. The first kappa shape index (κ1) is 10.5. The molecule has 0 radical (unpaired) electrons. The lowest BCUT2D eigenvalue weighted by Gasteiger charge is -2.04. The van der Waals surface area contributed by atoms with Gasteiger partial charge in [0.25, 0.3) is 0 Å². The van der Waals surface area contributed by atoms with Crippen LogP contribution in [0.1, 0.15) is 17.4 Å². The Labute approximate surface area is 93.1 Å². The first-order valence-corrected chi connectivity index (χ1v) is 5.09. The second kappa shape index (κ2) is 3.89. The standard InChI is InChI=1S/C12H13NO3/c1-3-16-9-5-4-8-6-11(12(14)15)13(2)10(8)7-9/h4-7H,3H2,1-2H3,(H,14,15). The van der Waals surface area contributed by atoms with Crippen LogP contribution in [0, 0.1) is 0 Å². The van der Waals surface area contributed by atoms with E-state index >= 15 is 0 Å². The molecule has 4 heteroatoms. The number of ether oxygens (including phenoxy) is 1. The molecule has 84 valence electrons. The lowest BCUT2D eigenvalue weighted by molar-refractivity contribution is 0.0687. The van der Waals surface area contributed by atoms with Gasteiger partial charge in [0, 0.05) is 18.5 Å². The number of benzene rings is 1. The Morgan fingerprint density at radius 1 is 1.44 bits per heavy atom. The molecular weight excluding hydrogens is 206 g/mol. The minimum atomic E-state index is -0.920. The molecule has 0 unspecified atom stereocenters. The van der Waals surface area contributed by atoms with Crippen LogP contribution in [0.5, 0.6) is 5.75 Å². The van der Waals surface area contributed by atoms with Crippen molar-refractivity contribution in [2.24, 2.45) is 7.05 Å². The van der Waals surface area contributed by atoms with Crippen LogP contribution in [0.25, 0.3) is 10.9 Å². The number of hydrogen-bond acceptors (Lipinski definition) is 2. The van der Waals surface area contributed by atoms with Crippen molar-refractivity contribution in [2.75, 3.05) is 6.61 Å². The molecule has 2 aromatic rings. The molecule has 1 aromatic heterocycles. The van der Waals surface area contributed by atoms with Gasteiger partial charge in [0.2, 0.25) is 0 Å². The number of fused-ring (bicyclic) bond motifs is 1. The van der Waals surface area contributed by atoms with Gasteiger partial charge in [-0.2, -0.15) is 0 Å². The topological polar surface area (TPSA) is 51.5 Å². The molecule has 0 saturated carbocycles. The molecule has 0 aliphatic heterocycles. The van der Waals surface area contributed by atoms with Gasteiger partial charge in [-0.05, 0) is 25.1 Å². The Bertz CT molecular complexity index is 542. The molecule has 0 saturated heterocycles. The summed E-state index contributed by atoms with van der Waals surface area (Å²) in [5.74, 6) is -0.162. The minimum absolute atomic E-state index is 0.281. The summed E-state index contributed by atoms with van der Waals surface area (Å²) in [5.41, 5.74) is 1.15. The van der Waals surface area contributed by atoms with Gasteiger partial charge in [-0.25, -0.2) is 4.79 Å². The molecule has 2 rings (SSSR count). The first-order valence-electron chi connectivity index (χ1n) is 5.09. The Morgan fingerprint density at radius 3 is 2.81 bits per heavy atom. The maximum Gasteiger partial charge on any atom is 0.352 e. The van der Waals surface area contributed by atoms with E-state index in [1.54, 1.807) is 17.7 Å². The summed E-state index contributed by atoms with van der Waals surface area (Å²) in [6.07, 6.45) is 0. The lowest BCUT2D eigenvalue weighted by atomic mass is 10.2. The van der Waals surface area contributed by atoms with E-state index in [0.29, 0.717) is 6.61 Å². The number of carbonyl (C=O) groups is 1. The molecule has 0 amide bonds. The van der Waals surface area contributed by atoms with Crippen LogP contribution in [-0.4, -0.2) is 22.2 Å². The molecule has 4 nitrogen and oxygen atoms in total. The first-order chi connectivity index (χ1) is 7.63. The van der Waals surface area contributed by atoms with Crippen molar-refractivity contribution in [1.82, 2.24) is 4.57 Å². The molecule has 1 heterocycles. The maximum atomic E-state index is 10.9. The molecule has 16 heavy (non-hydrogen) atoms. The summed E-state index contributed by atoms with van der Waals surface area (Å²) in [4.78, 5) is 10.9. The van der Waals surface area contributed by atoms with Crippen molar-refractivity contribution in [1.29, 1.82) is 0 Å². The van der Waals surface area contributed by atoms with Gasteiger partial charge in [-0.3, -0.25) is 0 Å². The third-order valence-corrected chi connectivity index (χ3v) is 2.55. The van der Waals surface area contributed by atoms with Crippen LogP contribution in [0.3, 0.4) is 0 Å². The van der Waals surface area contributed by atoms with E-state index in [0.717, 1.165) is 16.7 Å². The third-order valence-electron chi connectivity index (χ3n) is 2.55. The predicted octanol–water partition coefficient (Wildman–Crippen LogP) is 2.28. The van der Waals surface area contributed by atoms with Gasteiger partial charge in [-0.15, -0.1) is 0 Å². The van der Waals surface area contributed by atoms with E-state index in [1.807, 2.05) is 25.1 Å². The zero-order valence-corrected chi connectivity index (χ0v) is 9.23. The van der Waals surface area contributed by atoms with E-state index in [2.05, 4.69) is 0 Å². The largest absolute Gasteiger partial charge is 0.494 e. The number of aromatic carboxylic acids is 1. The number of rotatable bonds is 3. The third kappa shape index (κ3) is 1.62. The molecule has 0 aliphatic carbocycles. The zero-order chi connectivity index (χ0) is 11.7. The summed E-state index contributed by atoms with van der Waals surface area (Å²) in [6.45, 7) is 2.51. The van der Waals surface area contributed by atoms with Crippen LogP contribution in [0.4, 0.5) is 0 Å². The number of aromatic nitrogens is 1. The highest BCUT2D eigenvalue weighted by Gasteiger charge is 2.12. The van der Waals surface area contributed by atoms with Crippen molar-refractivity contribution in [3.8, 4) is 5.75 Å². The molecule has 1 aromatic carbocycles. The number of carboxylic acids is 1. The second-order valence-electron chi connectivity index (χ2n) is 3.55. The quantitative estimate of drug-likeness (QED) is 0.861. The lowest BCUT2D eigenvalue weighted by Crippen LogP contribution is -2.03. The van der Waals surface area contributed by atoms with Crippen molar-refractivity contribution in [3.63, 3.8) is 0 Å². The summed E-state index contributed by atoms with van der Waals surface area (Å²) >= 11 is 0. The average molecular weight is 219 g/mol. The van der Waals surface area contributed by atoms with Crippen LogP contribution >= 0.6 is 0 Å². The fourth-order valence-corrected chi connectivity index (χ4v) is 1.77. The number of carboxylic acid groups (broad SMARTS) is 1. The Balaban J connectivity index is 2.59. The van der Waals surface area contributed by atoms with Gasteiger partial charge >= 0.3 is 5.97 Å². The van der Waals surface area contributed by atoms with Gasteiger partial charge in [0.15, 0.2) is 0 Å². The van der Waals surface area contributed by atoms with Crippen molar-refractivity contribution >= 4 is 16.9 Å². The molecule has 0 bridgehead atoms. The normalized spacial score (nSPS) is 10.6. The van der Waals surface area contributed by atoms with E-state index in [4.69, 9.17) is 9.84 Å². The van der Waals surface area contributed by atoms with Crippen molar-refractivity contribution in [3.05, 3.63) is 30.0 Å². The molecule has 0 atom stereocenters. The molecular formula is C12H13NO3. The van der Waals surface area contributed by atoms with Gasteiger partial charge in [0.1, 0.15) is 11.4 Å². The summed E-state index contributed by atoms with van der Waals surface area (Å²) < 4.78 is 7.03. The Kier molecular flexibility index (Phi) is 2.56. The summed E-state index contributed by atoms with van der Waals surface area (Å²) in [5, 5.41) is 9.89. The predicted molar refractivity (Wildman–Crippen MR) is 61.0 cm³/mol. The van der Waals surface area contributed by atoms with Crippen LogP contribution in [0.15, 0.2) is 24.3 Å². The van der Waals surface area contributed by atoms with Crippen molar-refractivity contribution < 1.29 is 14.6 Å². The Hall–Kier alpha value is -1.97. The van der Waals surface area contributed by atoms with Gasteiger partial charge < -0.3 is 14.4 Å². The maximum absolute atomic E-state index is 10.9. The molecule has 1 N–H and O–H groups in total. The smallest absolute Gasteiger partial charge is 0.352 e. The highest BCUT2D eigenvalue weighted by molar-refractivity contribution is 5.94. The fourth-order valence-electron chi connectivity index (χ4n) is 1.77. The molecule has 0 fully saturated rings. The van der Waals surface area contributed by atoms with Crippen LogP contribution in [-0.2, 0) is 7.05 Å². The van der Waals surface area contributed by atoms with Gasteiger partial charge in [-0.1, -0.05) is 0 Å². The minimum Gasteiger partial charge on any atom is -0.494 e. The molecule has 0 aliphatic rings. The second-order valence-corrected chi connectivity index (χ2v) is 3.55. The molecule has 0 spiro atoms. The summed E-state index contributed by atoms with van der Waals surface area (Å²) in [7, 11) is 1.74. The Morgan fingerprint density at radius 2 is 2.19 bits per heavy atom. The number of hydrogen-bond donors (Lipinski definition) is 1.